The molecule has 2 fully saturated rings. The van der Waals surface area contributed by atoms with E-state index >= 15 is 0 Å². The molecule has 2 saturated heterocycles. The molecule has 1 amide bonds. The van der Waals surface area contributed by atoms with E-state index in [0.29, 0.717) is 19.7 Å². The lowest BCUT2D eigenvalue weighted by molar-refractivity contribution is -0.142. The summed E-state index contributed by atoms with van der Waals surface area (Å²) in [5.74, 6) is -1.20. The van der Waals surface area contributed by atoms with E-state index in [9.17, 15) is 9.59 Å². The summed E-state index contributed by atoms with van der Waals surface area (Å²) in [7, 11) is 0. The van der Waals surface area contributed by atoms with Crippen LogP contribution < -0.4 is 0 Å². The molecule has 0 aromatic heterocycles. The zero-order valence-corrected chi connectivity index (χ0v) is 10.3. The van der Waals surface area contributed by atoms with Crippen LogP contribution in [-0.4, -0.2) is 47.7 Å². The average Bonchev–Trinajstić information content (AvgIpc) is 2.83. The molecule has 96 valence electrons. The highest BCUT2D eigenvalue weighted by Gasteiger charge is 2.40. The number of nitrogens with zero attached hydrogens (tertiary/aromatic N) is 1. The van der Waals surface area contributed by atoms with Gasteiger partial charge in [0.2, 0.25) is 5.91 Å². The van der Waals surface area contributed by atoms with Gasteiger partial charge in [-0.05, 0) is 19.3 Å². The fourth-order valence-electron chi connectivity index (χ4n) is 2.72. The van der Waals surface area contributed by atoms with Crippen molar-refractivity contribution in [2.45, 2.75) is 26.4 Å². The van der Waals surface area contributed by atoms with Gasteiger partial charge in [0, 0.05) is 13.1 Å². The van der Waals surface area contributed by atoms with Crippen LogP contribution in [0.25, 0.3) is 0 Å². The van der Waals surface area contributed by atoms with Gasteiger partial charge in [0.05, 0.1) is 24.5 Å². The van der Waals surface area contributed by atoms with Crippen LogP contribution in [0.3, 0.4) is 0 Å². The molecule has 5 heteroatoms. The van der Waals surface area contributed by atoms with E-state index in [-0.39, 0.29) is 23.8 Å². The monoisotopic (exact) mass is 241 g/mol. The molecule has 4 atom stereocenters. The van der Waals surface area contributed by atoms with Crippen LogP contribution in [-0.2, 0) is 14.3 Å². The Kier molecular flexibility index (Phi) is 3.38. The summed E-state index contributed by atoms with van der Waals surface area (Å²) in [4.78, 5) is 24.8. The average molecular weight is 241 g/mol. The highest BCUT2D eigenvalue weighted by Crippen LogP contribution is 2.27. The van der Waals surface area contributed by atoms with E-state index in [4.69, 9.17) is 9.84 Å². The molecule has 0 bridgehead atoms. The van der Waals surface area contributed by atoms with Crippen molar-refractivity contribution in [3.63, 3.8) is 0 Å². The SMILES string of the molecule is CC1CC(C(=O)N2CC(C)C(C(=O)O)C2)CO1. The van der Waals surface area contributed by atoms with Gasteiger partial charge in [0.15, 0.2) is 0 Å². The Morgan fingerprint density at radius 2 is 2.00 bits per heavy atom. The molecule has 2 rings (SSSR count). The molecule has 2 aliphatic heterocycles. The molecule has 1 N–H and O–H groups in total. The van der Waals surface area contributed by atoms with Gasteiger partial charge < -0.3 is 14.7 Å². The van der Waals surface area contributed by atoms with Crippen molar-refractivity contribution in [3.8, 4) is 0 Å². The van der Waals surface area contributed by atoms with Crippen molar-refractivity contribution in [2.75, 3.05) is 19.7 Å². The highest BCUT2D eigenvalue weighted by molar-refractivity contribution is 5.81. The van der Waals surface area contributed by atoms with E-state index in [2.05, 4.69) is 0 Å². The minimum Gasteiger partial charge on any atom is -0.481 e. The zero-order valence-electron chi connectivity index (χ0n) is 10.3. The molecule has 0 saturated carbocycles. The Hall–Kier alpha value is -1.10. The molecular weight excluding hydrogens is 222 g/mol. The summed E-state index contributed by atoms with van der Waals surface area (Å²) < 4.78 is 5.38. The standard InChI is InChI=1S/C12H19NO4/c1-7-4-13(5-10(7)12(15)16)11(14)9-3-8(2)17-6-9/h7-10H,3-6H2,1-2H3,(H,15,16). The number of carboxylic acid groups (broad SMARTS) is 1. The van der Waals surface area contributed by atoms with E-state index in [1.54, 1.807) is 4.90 Å². The second kappa shape index (κ2) is 4.64. The largest absolute Gasteiger partial charge is 0.481 e. The summed E-state index contributed by atoms with van der Waals surface area (Å²) in [5, 5.41) is 9.03. The van der Waals surface area contributed by atoms with E-state index in [1.807, 2.05) is 13.8 Å². The first-order valence-electron chi connectivity index (χ1n) is 6.12. The maximum absolute atomic E-state index is 12.2. The maximum Gasteiger partial charge on any atom is 0.308 e. The summed E-state index contributed by atoms with van der Waals surface area (Å²) in [6.07, 6.45) is 0.890. The predicted molar refractivity (Wildman–Crippen MR) is 60.4 cm³/mol. The third-order valence-corrected chi connectivity index (χ3v) is 3.79. The summed E-state index contributed by atoms with van der Waals surface area (Å²) in [6.45, 7) is 5.23. The molecule has 2 heterocycles. The second-order valence-corrected chi connectivity index (χ2v) is 5.24. The van der Waals surface area contributed by atoms with Crippen molar-refractivity contribution in [2.24, 2.45) is 17.8 Å². The number of carbonyl (C=O) groups is 2. The number of likely N-dealkylation sites (tertiary alicyclic amines) is 1. The quantitative estimate of drug-likeness (QED) is 0.768. The van der Waals surface area contributed by atoms with Gasteiger partial charge >= 0.3 is 5.97 Å². The maximum atomic E-state index is 12.2. The normalized spacial score (nSPS) is 37.4. The fourth-order valence-corrected chi connectivity index (χ4v) is 2.72. The molecule has 17 heavy (non-hydrogen) atoms. The summed E-state index contributed by atoms with van der Waals surface area (Å²) >= 11 is 0. The van der Waals surface area contributed by atoms with Gasteiger partial charge in [0.1, 0.15) is 0 Å². The smallest absolute Gasteiger partial charge is 0.308 e. The number of aliphatic carboxylic acids is 1. The molecule has 5 nitrogen and oxygen atoms in total. The molecule has 0 aromatic rings. The molecule has 0 aromatic carbocycles. The Morgan fingerprint density at radius 1 is 1.29 bits per heavy atom. The summed E-state index contributed by atoms with van der Waals surface area (Å²) in [5.41, 5.74) is 0. The van der Waals surface area contributed by atoms with Gasteiger partial charge in [-0.2, -0.15) is 0 Å². The van der Waals surface area contributed by atoms with Crippen LogP contribution in [0.4, 0.5) is 0 Å². The van der Waals surface area contributed by atoms with Gasteiger partial charge in [-0.1, -0.05) is 6.92 Å². The predicted octanol–water partition coefficient (Wildman–Crippen LogP) is 0.591. The van der Waals surface area contributed by atoms with Crippen molar-refractivity contribution < 1.29 is 19.4 Å². The number of ether oxygens (including phenoxy) is 1. The summed E-state index contributed by atoms with van der Waals surface area (Å²) in [6, 6.07) is 0. The lowest BCUT2D eigenvalue weighted by Gasteiger charge is -2.19. The lowest BCUT2D eigenvalue weighted by atomic mass is 9.99. The van der Waals surface area contributed by atoms with Crippen LogP contribution in [0, 0.1) is 17.8 Å². The van der Waals surface area contributed by atoms with Crippen molar-refractivity contribution in [3.05, 3.63) is 0 Å². The number of rotatable bonds is 2. The van der Waals surface area contributed by atoms with Crippen molar-refractivity contribution in [1.82, 2.24) is 4.90 Å². The third kappa shape index (κ3) is 2.44. The highest BCUT2D eigenvalue weighted by atomic mass is 16.5. The Labute approximate surface area is 101 Å². The fraction of sp³-hybridized carbons (Fsp3) is 0.833. The minimum absolute atomic E-state index is 0.0381. The van der Waals surface area contributed by atoms with Crippen LogP contribution in [0.1, 0.15) is 20.3 Å². The number of carbonyl (C=O) groups excluding carboxylic acids is 1. The second-order valence-electron chi connectivity index (χ2n) is 5.24. The first-order valence-corrected chi connectivity index (χ1v) is 6.12. The number of hydrogen-bond acceptors (Lipinski definition) is 3. The molecule has 0 spiro atoms. The van der Waals surface area contributed by atoms with Crippen LogP contribution in [0.15, 0.2) is 0 Å². The van der Waals surface area contributed by atoms with Crippen molar-refractivity contribution >= 4 is 11.9 Å². The molecule has 4 unspecified atom stereocenters. The lowest BCUT2D eigenvalue weighted by Crippen LogP contribution is -2.35. The van der Waals surface area contributed by atoms with E-state index in [1.165, 1.54) is 0 Å². The third-order valence-electron chi connectivity index (χ3n) is 3.79. The first-order chi connectivity index (χ1) is 7.99. The number of carboxylic acids is 1. The Morgan fingerprint density at radius 3 is 2.47 bits per heavy atom. The van der Waals surface area contributed by atoms with Crippen LogP contribution in [0.5, 0.6) is 0 Å². The van der Waals surface area contributed by atoms with Crippen LogP contribution in [0.2, 0.25) is 0 Å². The molecular formula is C12H19NO4. The van der Waals surface area contributed by atoms with Gasteiger partial charge in [-0.15, -0.1) is 0 Å². The minimum atomic E-state index is -0.802. The zero-order chi connectivity index (χ0) is 12.6. The van der Waals surface area contributed by atoms with Gasteiger partial charge in [-0.25, -0.2) is 0 Å². The van der Waals surface area contributed by atoms with Gasteiger partial charge in [0.25, 0.3) is 0 Å². The first kappa shape index (κ1) is 12.4. The molecule has 0 radical (unpaired) electrons. The Bertz CT molecular complexity index is 330. The van der Waals surface area contributed by atoms with Crippen LogP contribution >= 0.6 is 0 Å². The van der Waals surface area contributed by atoms with E-state index < -0.39 is 11.9 Å². The topological polar surface area (TPSA) is 66.8 Å². The van der Waals surface area contributed by atoms with E-state index in [0.717, 1.165) is 6.42 Å². The molecule has 0 aliphatic carbocycles. The van der Waals surface area contributed by atoms with Crippen molar-refractivity contribution in [1.29, 1.82) is 0 Å². The Balaban J connectivity index is 1.96. The molecule has 2 aliphatic rings. The number of amides is 1. The van der Waals surface area contributed by atoms with Gasteiger partial charge in [-0.3, -0.25) is 9.59 Å². The number of hydrogen-bond donors (Lipinski definition) is 1.